The largest absolute Gasteiger partial charge is 0.361 e. The van der Waals surface area contributed by atoms with Gasteiger partial charge in [0.15, 0.2) is 16.5 Å². The molecule has 1 aliphatic rings. The lowest BCUT2D eigenvalue weighted by atomic mass is 10.1. The Bertz CT molecular complexity index is 1950. The number of hydrogen-bond donors (Lipinski definition) is 2. The van der Waals surface area contributed by atoms with Gasteiger partial charge in [0.2, 0.25) is 0 Å². The summed E-state index contributed by atoms with van der Waals surface area (Å²) in [7, 11) is -1.03. The van der Waals surface area contributed by atoms with Crippen LogP contribution in [0.1, 0.15) is 24.0 Å². The molecular formula is C24H26N8O4S. The van der Waals surface area contributed by atoms with Crippen LogP contribution in [0.5, 0.6) is 0 Å². The molecule has 13 heteroatoms. The van der Waals surface area contributed by atoms with Crippen LogP contribution in [0.3, 0.4) is 0 Å². The Balaban J connectivity index is 1.67. The minimum Gasteiger partial charge on any atom is -0.361 e. The Hall–Kier alpha value is -3.97. The predicted octanol–water partition coefficient (Wildman–Crippen LogP) is 1.19. The molecule has 1 fully saturated rings. The van der Waals surface area contributed by atoms with Crippen LogP contribution in [0.4, 0.5) is 0 Å². The van der Waals surface area contributed by atoms with Gasteiger partial charge in [-0.3, -0.25) is 18.6 Å². The van der Waals surface area contributed by atoms with Crippen molar-refractivity contribution in [3.8, 4) is 11.5 Å². The van der Waals surface area contributed by atoms with Crippen molar-refractivity contribution in [3.05, 3.63) is 62.6 Å². The van der Waals surface area contributed by atoms with Gasteiger partial charge in [-0.05, 0) is 43.4 Å². The van der Waals surface area contributed by atoms with Gasteiger partial charge in [-0.25, -0.2) is 23.3 Å². The van der Waals surface area contributed by atoms with Crippen molar-refractivity contribution in [2.24, 2.45) is 25.2 Å². The van der Waals surface area contributed by atoms with Gasteiger partial charge in [0.25, 0.3) is 15.6 Å². The Morgan fingerprint density at radius 3 is 2.62 bits per heavy atom. The number of imidazole rings is 1. The van der Waals surface area contributed by atoms with Crippen LogP contribution in [0.25, 0.3) is 33.5 Å². The van der Waals surface area contributed by atoms with Crippen molar-refractivity contribution in [1.82, 2.24) is 33.4 Å². The second-order valence-electron chi connectivity index (χ2n) is 9.83. The van der Waals surface area contributed by atoms with Crippen LogP contribution in [-0.4, -0.2) is 41.9 Å². The summed E-state index contributed by atoms with van der Waals surface area (Å²) in [6, 6.07) is 6.07. The predicted molar refractivity (Wildman–Crippen MR) is 138 cm³/mol. The number of rotatable bonds is 6. The number of aryl methyl sites for hydroxylation is 2. The van der Waals surface area contributed by atoms with Gasteiger partial charge in [-0.2, -0.15) is 5.10 Å². The van der Waals surface area contributed by atoms with Crippen molar-refractivity contribution in [1.29, 1.82) is 0 Å². The third kappa shape index (κ3) is 3.81. The average Bonchev–Trinajstić information content (AvgIpc) is 3.27. The van der Waals surface area contributed by atoms with Crippen LogP contribution >= 0.6 is 0 Å². The summed E-state index contributed by atoms with van der Waals surface area (Å²) in [4.78, 5) is 34.1. The molecule has 192 valence electrons. The Morgan fingerprint density at radius 2 is 1.95 bits per heavy atom. The highest BCUT2D eigenvalue weighted by Gasteiger charge is 2.29. The molecule has 5 aromatic rings. The number of hydrogen-bond acceptors (Lipinski definition) is 6. The van der Waals surface area contributed by atoms with Crippen LogP contribution in [0, 0.1) is 12.8 Å². The lowest BCUT2D eigenvalue weighted by Gasteiger charge is -2.08. The lowest BCUT2D eigenvalue weighted by molar-refractivity contribution is 0.572. The summed E-state index contributed by atoms with van der Waals surface area (Å²) in [5.41, 5.74) is 2.58. The highest BCUT2D eigenvalue weighted by molar-refractivity contribution is 7.89. The third-order valence-electron chi connectivity index (χ3n) is 6.96. The number of sulfonamides is 1. The van der Waals surface area contributed by atoms with E-state index in [4.69, 9.17) is 10.2 Å². The molecule has 0 bridgehead atoms. The molecule has 3 N–H and O–H groups in total. The number of aromatic amines is 1. The Morgan fingerprint density at radius 1 is 1.19 bits per heavy atom. The molecule has 4 heterocycles. The molecule has 0 saturated heterocycles. The van der Waals surface area contributed by atoms with Gasteiger partial charge >= 0.3 is 5.69 Å². The van der Waals surface area contributed by atoms with Crippen molar-refractivity contribution in [2.75, 3.05) is 0 Å². The van der Waals surface area contributed by atoms with Crippen LogP contribution in [-0.2, 0) is 37.2 Å². The van der Waals surface area contributed by atoms with Gasteiger partial charge in [0, 0.05) is 43.9 Å². The smallest absolute Gasteiger partial charge is 0.332 e. The summed E-state index contributed by atoms with van der Waals surface area (Å²) in [6.07, 6.45) is 5.20. The van der Waals surface area contributed by atoms with E-state index in [9.17, 15) is 18.0 Å². The number of nitrogens with one attached hydrogen (secondary N) is 1. The first kappa shape index (κ1) is 23.4. The molecule has 0 unspecified atom stereocenters. The molecule has 0 radical (unpaired) electrons. The molecule has 0 spiro atoms. The summed E-state index contributed by atoms with van der Waals surface area (Å²) >= 11 is 0. The summed E-state index contributed by atoms with van der Waals surface area (Å²) in [6.45, 7) is 2.72. The maximum absolute atomic E-state index is 13.5. The highest BCUT2D eigenvalue weighted by atomic mass is 32.2. The molecule has 0 aliphatic heterocycles. The molecule has 6 rings (SSSR count). The van der Waals surface area contributed by atoms with E-state index >= 15 is 0 Å². The minimum absolute atomic E-state index is 0.202. The number of nitrogens with zero attached hydrogens (tertiary/aromatic N) is 6. The number of benzene rings is 1. The second-order valence-corrected chi connectivity index (χ2v) is 11.3. The zero-order valence-corrected chi connectivity index (χ0v) is 21.4. The van der Waals surface area contributed by atoms with Crippen molar-refractivity contribution >= 4 is 32.0 Å². The minimum atomic E-state index is -4.09. The van der Waals surface area contributed by atoms with E-state index in [-0.39, 0.29) is 28.4 Å². The normalized spacial score (nSPS) is 14.3. The number of nitrogens with two attached hydrogens (primary N) is 1. The van der Waals surface area contributed by atoms with Gasteiger partial charge in [0.1, 0.15) is 11.1 Å². The SMILES string of the molecule is Cc1ccc2[nH]cc(Cn3nc4c(c3-c3nc(S(N)(=O)=O)cn3C)c(=O)n(C)c(=O)n4CC3CC3)c2c1. The van der Waals surface area contributed by atoms with E-state index in [1.807, 2.05) is 25.3 Å². The number of aromatic nitrogens is 7. The van der Waals surface area contributed by atoms with E-state index < -0.39 is 21.3 Å². The van der Waals surface area contributed by atoms with E-state index in [1.54, 1.807) is 11.7 Å². The standard InChI is InChI=1S/C24H26N8O4S/c1-13-4-7-17-16(8-13)15(9-26-17)11-32-20(22-27-18(12-29(22)2)37(25,35)36)19-21(28-32)31(10-14-5-6-14)24(34)30(3)23(19)33/h4,7-9,12,14,26H,5-6,10-11H2,1-3H3,(H2,25,35,36). The molecule has 12 nitrogen and oxygen atoms in total. The first-order valence-corrected chi connectivity index (χ1v) is 13.4. The molecule has 1 aromatic carbocycles. The molecule has 0 amide bonds. The maximum Gasteiger partial charge on any atom is 0.332 e. The van der Waals surface area contributed by atoms with Gasteiger partial charge in [-0.1, -0.05) is 11.6 Å². The number of fused-ring (bicyclic) bond motifs is 2. The topological polar surface area (TPSA) is 156 Å². The van der Waals surface area contributed by atoms with Crippen molar-refractivity contribution in [3.63, 3.8) is 0 Å². The third-order valence-corrected chi connectivity index (χ3v) is 7.74. The fraction of sp³-hybridized carbons (Fsp3) is 0.333. The molecule has 37 heavy (non-hydrogen) atoms. The first-order valence-electron chi connectivity index (χ1n) is 11.9. The zero-order valence-electron chi connectivity index (χ0n) is 20.6. The fourth-order valence-corrected chi connectivity index (χ4v) is 5.33. The van der Waals surface area contributed by atoms with Gasteiger partial charge < -0.3 is 9.55 Å². The summed E-state index contributed by atoms with van der Waals surface area (Å²) in [5.74, 6) is 0.557. The van der Waals surface area contributed by atoms with Crippen molar-refractivity contribution in [2.45, 2.75) is 37.9 Å². The van der Waals surface area contributed by atoms with Crippen LogP contribution < -0.4 is 16.4 Å². The molecule has 0 atom stereocenters. The molecule has 4 aromatic heterocycles. The number of H-pyrrole nitrogens is 1. The maximum atomic E-state index is 13.5. The average molecular weight is 523 g/mol. The van der Waals surface area contributed by atoms with Crippen LogP contribution in [0.15, 0.2) is 45.2 Å². The molecular weight excluding hydrogens is 496 g/mol. The van der Waals surface area contributed by atoms with Gasteiger partial charge in [-0.15, -0.1) is 0 Å². The monoisotopic (exact) mass is 522 g/mol. The second kappa shape index (κ2) is 8.02. The van der Waals surface area contributed by atoms with E-state index in [0.29, 0.717) is 18.2 Å². The summed E-state index contributed by atoms with van der Waals surface area (Å²) in [5, 5.41) is 11.0. The van der Waals surface area contributed by atoms with Crippen LogP contribution in [0.2, 0.25) is 0 Å². The number of primary sulfonamides is 1. The molecule has 1 aliphatic carbocycles. The first-order chi connectivity index (χ1) is 17.5. The lowest BCUT2D eigenvalue weighted by Crippen LogP contribution is -2.38. The molecule has 1 saturated carbocycles. The highest BCUT2D eigenvalue weighted by Crippen LogP contribution is 2.33. The Kier molecular flexibility index (Phi) is 5.08. The zero-order chi connectivity index (χ0) is 26.2. The van der Waals surface area contributed by atoms with E-state index in [0.717, 1.165) is 39.4 Å². The Labute approximate surface area is 211 Å². The van der Waals surface area contributed by atoms with E-state index in [2.05, 4.69) is 16.0 Å². The van der Waals surface area contributed by atoms with Crippen molar-refractivity contribution < 1.29 is 8.42 Å². The summed E-state index contributed by atoms with van der Waals surface area (Å²) < 4.78 is 29.9. The van der Waals surface area contributed by atoms with E-state index in [1.165, 1.54) is 22.4 Å². The van der Waals surface area contributed by atoms with Gasteiger partial charge in [0.05, 0.1) is 6.54 Å². The fourth-order valence-electron chi connectivity index (χ4n) is 4.81. The quantitative estimate of drug-likeness (QED) is 0.341.